The summed E-state index contributed by atoms with van der Waals surface area (Å²) in [4.78, 5) is 0. The van der Waals surface area contributed by atoms with E-state index in [4.69, 9.17) is 4.74 Å². The minimum absolute atomic E-state index is 0.0481. The molecule has 4 fully saturated rings. The van der Waals surface area contributed by atoms with E-state index in [0.717, 1.165) is 31.1 Å². The number of ether oxygens (including phenoxy) is 1. The predicted molar refractivity (Wildman–Crippen MR) is 99.1 cm³/mol. The zero-order valence-electron chi connectivity index (χ0n) is 16.6. The van der Waals surface area contributed by atoms with Crippen LogP contribution in [0.5, 0.6) is 0 Å². The molecule has 4 saturated carbocycles. The van der Waals surface area contributed by atoms with Crippen molar-refractivity contribution in [2.24, 2.45) is 40.4 Å². The molecule has 0 spiro atoms. The lowest BCUT2D eigenvalue weighted by molar-refractivity contribution is -0.202. The summed E-state index contributed by atoms with van der Waals surface area (Å²) in [6.07, 6.45) is 7.35. The van der Waals surface area contributed by atoms with Crippen LogP contribution in [0.2, 0.25) is 0 Å². The molecule has 0 amide bonds. The maximum Gasteiger partial charge on any atom is 0.0839 e. The Morgan fingerprint density at radius 1 is 0.960 bits per heavy atom. The summed E-state index contributed by atoms with van der Waals surface area (Å²) in [5.41, 5.74) is 0.450. The largest absolute Gasteiger partial charge is 0.393 e. The number of aliphatic hydroxyl groups is 2. The first-order valence-corrected chi connectivity index (χ1v) is 10.8. The highest BCUT2D eigenvalue weighted by atomic mass is 16.5. The van der Waals surface area contributed by atoms with Crippen molar-refractivity contribution in [2.45, 2.75) is 91.0 Å². The topological polar surface area (TPSA) is 49.7 Å². The van der Waals surface area contributed by atoms with Crippen LogP contribution in [-0.2, 0) is 4.74 Å². The van der Waals surface area contributed by atoms with Gasteiger partial charge in [0.1, 0.15) is 0 Å². The van der Waals surface area contributed by atoms with E-state index in [9.17, 15) is 10.2 Å². The van der Waals surface area contributed by atoms with Crippen molar-refractivity contribution < 1.29 is 14.9 Å². The molecule has 0 unspecified atom stereocenters. The Labute approximate surface area is 153 Å². The highest BCUT2D eigenvalue weighted by Crippen LogP contribution is 2.67. The Kier molecular flexibility index (Phi) is 4.53. The second-order valence-corrected chi connectivity index (χ2v) is 10.3. The van der Waals surface area contributed by atoms with Gasteiger partial charge in [0.2, 0.25) is 0 Å². The van der Waals surface area contributed by atoms with E-state index in [1.165, 1.54) is 25.7 Å². The Morgan fingerprint density at radius 3 is 2.44 bits per heavy atom. The zero-order valence-corrected chi connectivity index (χ0v) is 16.6. The molecule has 3 nitrogen and oxygen atoms in total. The van der Waals surface area contributed by atoms with Crippen molar-refractivity contribution >= 4 is 0 Å². The van der Waals surface area contributed by atoms with Gasteiger partial charge in [-0.25, -0.2) is 0 Å². The van der Waals surface area contributed by atoms with Crippen LogP contribution in [0.25, 0.3) is 0 Å². The number of hydrogen-bond acceptors (Lipinski definition) is 3. The first-order valence-electron chi connectivity index (χ1n) is 10.8. The number of aliphatic hydroxyl groups excluding tert-OH is 2. The van der Waals surface area contributed by atoms with Gasteiger partial charge in [0.25, 0.3) is 0 Å². The lowest BCUT2D eigenvalue weighted by Gasteiger charge is -2.63. The predicted octanol–water partition coefficient (Wildman–Crippen LogP) is 4.01. The third kappa shape index (κ3) is 2.56. The van der Waals surface area contributed by atoms with E-state index in [0.29, 0.717) is 29.8 Å². The molecular formula is C22H38O3. The Bertz CT molecular complexity index is 508. The van der Waals surface area contributed by atoms with Crippen LogP contribution >= 0.6 is 0 Å². The summed E-state index contributed by atoms with van der Waals surface area (Å²) in [5.74, 6) is 3.12. The lowest BCUT2D eigenvalue weighted by atomic mass is 9.43. The summed E-state index contributed by atoms with van der Waals surface area (Å²) in [6.45, 7) is 9.96. The number of fused-ring (bicyclic) bond motifs is 5. The minimum Gasteiger partial charge on any atom is -0.393 e. The van der Waals surface area contributed by atoms with E-state index in [1.54, 1.807) is 0 Å². The molecule has 0 bridgehead atoms. The van der Waals surface area contributed by atoms with E-state index in [1.807, 2.05) is 6.92 Å². The van der Waals surface area contributed by atoms with E-state index < -0.39 is 0 Å². The molecule has 0 aliphatic heterocycles. The third-order valence-electron chi connectivity index (χ3n) is 9.44. The van der Waals surface area contributed by atoms with Crippen molar-refractivity contribution in [1.82, 2.24) is 0 Å². The van der Waals surface area contributed by atoms with Gasteiger partial charge in [0, 0.05) is 6.61 Å². The van der Waals surface area contributed by atoms with Gasteiger partial charge in [0.05, 0.1) is 18.3 Å². The zero-order chi connectivity index (χ0) is 18.0. The monoisotopic (exact) mass is 350 g/mol. The molecule has 0 heterocycles. The summed E-state index contributed by atoms with van der Waals surface area (Å²) in [5, 5.41) is 21.9. The Balaban J connectivity index is 1.65. The average molecular weight is 351 g/mol. The van der Waals surface area contributed by atoms with Gasteiger partial charge in [0.15, 0.2) is 0 Å². The summed E-state index contributed by atoms with van der Waals surface area (Å²) in [6, 6.07) is 0. The minimum atomic E-state index is -0.327. The van der Waals surface area contributed by atoms with Gasteiger partial charge in [-0.1, -0.05) is 20.8 Å². The molecular weight excluding hydrogens is 312 g/mol. The van der Waals surface area contributed by atoms with Crippen LogP contribution in [0.1, 0.15) is 72.6 Å². The first-order chi connectivity index (χ1) is 11.8. The normalized spacial score (nSPS) is 58.3. The molecule has 4 rings (SSSR count). The number of hydrogen-bond donors (Lipinski definition) is 2. The Hall–Kier alpha value is -0.120. The molecule has 0 aromatic carbocycles. The molecule has 2 N–H and O–H groups in total. The van der Waals surface area contributed by atoms with Gasteiger partial charge < -0.3 is 14.9 Å². The van der Waals surface area contributed by atoms with E-state index in [-0.39, 0.29) is 23.7 Å². The van der Waals surface area contributed by atoms with Gasteiger partial charge in [-0.3, -0.25) is 0 Å². The smallest absolute Gasteiger partial charge is 0.0839 e. The highest BCUT2D eigenvalue weighted by molar-refractivity contribution is 5.12. The molecule has 4 aliphatic rings. The van der Waals surface area contributed by atoms with Gasteiger partial charge in [-0.15, -0.1) is 0 Å². The Morgan fingerprint density at radius 2 is 1.72 bits per heavy atom. The molecule has 0 radical (unpaired) electrons. The van der Waals surface area contributed by atoms with Gasteiger partial charge in [-0.2, -0.15) is 0 Å². The molecule has 0 saturated heterocycles. The maximum absolute atomic E-state index is 11.3. The van der Waals surface area contributed by atoms with Crippen molar-refractivity contribution in [3.63, 3.8) is 0 Å². The standard InChI is InChI=1S/C22H38O3/c1-5-25-19-12-22(4)14(10-17(19)23)7-8-15-16-9-6-13(2)21(16,3)11-18(24)20(15)22/h13-20,23-24H,5-12H2,1-4H3/t13-,14-,15-,16-,17-,18-,19-,20+,21+,22-/m0/s1. The molecule has 0 aromatic rings. The number of rotatable bonds is 2. The van der Waals surface area contributed by atoms with Gasteiger partial charge >= 0.3 is 0 Å². The van der Waals surface area contributed by atoms with Crippen molar-refractivity contribution in [3.8, 4) is 0 Å². The van der Waals surface area contributed by atoms with Crippen molar-refractivity contribution in [2.75, 3.05) is 6.61 Å². The van der Waals surface area contributed by atoms with Crippen molar-refractivity contribution in [1.29, 1.82) is 0 Å². The molecule has 0 aromatic heterocycles. The summed E-state index contributed by atoms with van der Waals surface area (Å²) in [7, 11) is 0. The second-order valence-electron chi connectivity index (χ2n) is 10.3. The van der Waals surface area contributed by atoms with Crippen LogP contribution in [0.15, 0.2) is 0 Å². The summed E-state index contributed by atoms with van der Waals surface area (Å²) < 4.78 is 5.92. The van der Waals surface area contributed by atoms with Crippen LogP contribution in [0, 0.1) is 40.4 Å². The molecule has 144 valence electrons. The highest BCUT2D eigenvalue weighted by Gasteiger charge is 2.63. The summed E-state index contributed by atoms with van der Waals surface area (Å²) >= 11 is 0. The molecule has 10 atom stereocenters. The SMILES string of the molecule is CCO[C@H]1C[C@@]2(C)[C@@H](CC[C@@H]3[C@@H]2[C@@H](O)C[C@]2(C)[C@@H](C)CC[C@@H]32)C[C@@H]1O. The maximum atomic E-state index is 11.3. The lowest BCUT2D eigenvalue weighted by Crippen LogP contribution is -2.61. The fourth-order valence-corrected chi connectivity index (χ4v) is 8.01. The van der Waals surface area contributed by atoms with Crippen LogP contribution in [0.3, 0.4) is 0 Å². The van der Waals surface area contributed by atoms with Gasteiger partial charge in [-0.05, 0) is 92.3 Å². The van der Waals surface area contributed by atoms with Crippen LogP contribution in [-0.4, -0.2) is 35.1 Å². The molecule has 25 heavy (non-hydrogen) atoms. The quantitative estimate of drug-likeness (QED) is 0.791. The van der Waals surface area contributed by atoms with Crippen LogP contribution in [0.4, 0.5) is 0 Å². The fourth-order valence-electron chi connectivity index (χ4n) is 8.01. The molecule has 3 heteroatoms. The van der Waals surface area contributed by atoms with E-state index in [2.05, 4.69) is 20.8 Å². The average Bonchev–Trinajstić information content (AvgIpc) is 2.83. The van der Waals surface area contributed by atoms with E-state index >= 15 is 0 Å². The fraction of sp³-hybridized carbons (Fsp3) is 1.00. The third-order valence-corrected chi connectivity index (χ3v) is 9.44. The first kappa shape index (κ1) is 18.3. The van der Waals surface area contributed by atoms with Crippen molar-refractivity contribution in [3.05, 3.63) is 0 Å². The second kappa shape index (κ2) is 6.21. The molecule has 4 aliphatic carbocycles. The van der Waals surface area contributed by atoms with Crippen LogP contribution < -0.4 is 0 Å².